The van der Waals surface area contributed by atoms with Crippen LogP contribution in [0.25, 0.3) is 0 Å². The quantitative estimate of drug-likeness (QED) is 0.913. The first-order chi connectivity index (χ1) is 8.83. The number of rotatable bonds is 4. The number of carboxylic acids is 1. The van der Waals surface area contributed by atoms with Crippen LogP contribution in [0.5, 0.6) is 5.75 Å². The number of alkyl halides is 2. The number of carboxylic acid groups (broad SMARTS) is 1. The highest BCUT2D eigenvalue weighted by Gasteiger charge is 2.48. The predicted octanol–water partition coefficient (Wildman–Crippen LogP) is 3.31. The number of aliphatic carboxylic acids is 1. The van der Waals surface area contributed by atoms with E-state index < -0.39 is 17.3 Å². The lowest BCUT2D eigenvalue weighted by atomic mass is 9.64. The van der Waals surface area contributed by atoms with E-state index in [0.717, 1.165) is 13.3 Å². The Hall–Kier alpha value is -1.65. The number of para-hydroxylation sites is 1. The Kier molecular flexibility index (Phi) is 3.24. The average molecular weight is 270 g/mol. The van der Waals surface area contributed by atoms with Gasteiger partial charge in [-0.15, -0.1) is 0 Å². The van der Waals surface area contributed by atoms with Crippen molar-refractivity contribution in [2.24, 2.45) is 0 Å². The van der Waals surface area contributed by atoms with E-state index in [4.69, 9.17) is 4.74 Å². The molecule has 0 aliphatic heterocycles. The second-order valence-corrected chi connectivity index (χ2v) is 5.02. The molecule has 1 N–H and O–H groups in total. The van der Waals surface area contributed by atoms with Gasteiger partial charge in [-0.3, -0.25) is 4.79 Å². The van der Waals surface area contributed by atoms with Gasteiger partial charge in [-0.25, -0.2) is 8.78 Å². The molecule has 0 atom stereocenters. The first-order valence-electron chi connectivity index (χ1n) is 6.12. The van der Waals surface area contributed by atoms with Crippen LogP contribution in [0.4, 0.5) is 8.78 Å². The first kappa shape index (κ1) is 13.8. The summed E-state index contributed by atoms with van der Waals surface area (Å²) in [5.41, 5.74) is -0.986. The van der Waals surface area contributed by atoms with Gasteiger partial charge in [0.25, 0.3) is 5.92 Å². The molecule has 3 nitrogen and oxygen atoms in total. The average Bonchev–Trinajstić information content (AvgIpc) is 2.25. The minimum Gasteiger partial charge on any atom is -0.496 e. The van der Waals surface area contributed by atoms with Crippen LogP contribution in [0.1, 0.15) is 37.3 Å². The molecule has 1 fully saturated rings. The zero-order valence-corrected chi connectivity index (χ0v) is 10.9. The van der Waals surface area contributed by atoms with Gasteiger partial charge in [-0.05, 0) is 18.9 Å². The normalized spacial score (nSPS) is 17.7. The van der Waals surface area contributed by atoms with E-state index in [-0.39, 0.29) is 11.3 Å². The molecule has 0 unspecified atom stereocenters. The molecule has 1 aliphatic carbocycles. The molecule has 1 aromatic carbocycles. The van der Waals surface area contributed by atoms with E-state index in [2.05, 4.69) is 0 Å². The van der Waals surface area contributed by atoms with Crippen LogP contribution in [0, 0.1) is 0 Å². The van der Waals surface area contributed by atoms with E-state index in [0.29, 0.717) is 18.4 Å². The molecule has 0 heterocycles. The summed E-state index contributed by atoms with van der Waals surface area (Å²) in [7, 11) is 1.29. The van der Waals surface area contributed by atoms with E-state index in [1.165, 1.54) is 19.2 Å². The number of hydrogen-bond donors (Lipinski definition) is 1. The number of ether oxygens (including phenoxy) is 1. The molecule has 19 heavy (non-hydrogen) atoms. The van der Waals surface area contributed by atoms with Crippen molar-refractivity contribution < 1.29 is 23.4 Å². The minimum atomic E-state index is -3.06. The van der Waals surface area contributed by atoms with Crippen molar-refractivity contribution in [3.05, 3.63) is 29.3 Å². The fraction of sp³-hybridized carbons (Fsp3) is 0.500. The summed E-state index contributed by atoms with van der Waals surface area (Å²) < 4.78 is 32.2. The predicted molar refractivity (Wildman–Crippen MR) is 65.7 cm³/mol. The fourth-order valence-electron chi connectivity index (χ4n) is 2.61. The van der Waals surface area contributed by atoms with E-state index >= 15 is 0 Å². The molecule has 0 aromatic heterocycles. The Balaban J connectivity index is 2.62. The van der Waals surface area contributed by atoms with Crippen LogP contribution in [0.2, 0.25) is 0 Å². The Bertz CT molecular complexity index is 502. The number of methoxy groups -OCH3 is 1. The standard InChI is InChI=1S/C14H16F2O3/c1-13(15,16)9-5-3-6-10(11(9)19-2)14(12(17)18)7-4-8-14/h3,5-6H,4,7-8H2,1-2H3,(H,17,18). The fourth-order valence-corrected chi connectivity index (χ4v) is 2.61. The van der Waals surface area contributed by atoms with Crippen molar-refractivity contribution in [3.8, 4) is 5.75 Å². The molecule has 104 valence electrons. The Morgan fingerprint density at radius 2 is 2.05 bits per heavy atom. The number of carbonyl (C=O) groups is 1. The lowest BCUT2D eigenvalue weighted by molar-refractivity contribution is -0.147. The highest BCUT2D eigenvalue weighted by Crippen LogP contribution is 2.50. The molecule has 0 spiro atoms. The van der Waals surface area contributed by atoms with Gasteiger partial charge in [0.15, 0.2) is 0 Å². The molecule has 5 heteroatoms. The van der Waals surface area contributed by atoms with Crippen molar-refractivity contribution in [1.82, 2.24) is 0 Å². The summed E-state index contributed by atoms with van der Waals surface area (Å²) in [5, 5.41) is 9.41. The van der Waals surface area contributed by atoms with Gasteiger partial charge in [0, 0.05) is 12.5 Å². The maximum atomic E-state index is 13.6. The summed E-state index contributed by atoms with van der Waals surface area (Å²) in [6, 6.07) is 4.31. The Labute approximate surface area is 110 Å². The molecular formula is C14H16F2O3. The lowest BCUT2D eigenvalue weighted by Gasteiger charge is -2.39. The van der Waals surface area contributed by atoms with Gasteiger partial charge >= 0.3 is 5.97 Å². The third-order valence-electron chi connectivity index (χ3n) is 3.82. The third kappa shape index (κ3) is 2.07. The van der Waals surface area contributed by atoms with Crippen LogP contribution in [-0.2, 0) is 16.1 Å². The number of halogens is 2. The summed E-state index contributed by atoms with van der Waals surface area (Å²) in [6.07, 6.45) is 1.69. The Morgan fingerprint density at radius 3 is 2.42 bits per heavy atom. The van der Waals surface area contributed by atoms with E-state index in [1.807, 2.05) is 0 Å². The topological polar surface area (TPSA) is 46.5 Å². The van der Waals surface area contributed by atoms with Gasteiger partial charge in [0.05, 0.1) is 18.1 Å². The van der Waals surface area contributed by atoms with Crippen LogP contribution in [0.15, 0.2) is 18.2 Å². The third-order valence-corrected chi connectivity index (χ3v) is 3.82. The zero-order chi connectivity index (χ0) is 14.3. The molecule has 2 rings (SSSR count). The smallest absolute Gasteiger partial charge is 0.314 e. The SMILES string of the molecule is COc1c(C(C)(F)F)cccc1C1(C(=O)O)CCC1. The summed E-state index contributed by atoms with van der Waals surface area (Å²) in [6.45, 7) is 0.781. The van der Waals surface area contributed by atoms with Gasteiger partial charge in [-0.1, -0.05) is 18.6 Å². The van der Waals surface area contributed by atoms with Gasteiger partial charge in [0.1, 0.15) is 5.75 Å². The molecule has 1 aromatic rings. The molecule has 0 amide bonds. The van der Waals surface area contributed by atoms with Crippen molar-refractivity contribution in [3.63, 3.8) is 0 Å². The van der Waals surface area contributed by atoms with Crippen LogP contribution >= 0.6 is 0 Å². The number of hydrogen-bond acceptors (Lipinski definition) is 2. The second kappa shape index (κ2) is 4.47. The van der Waals surface area contributed by atoms with Crippen molar-refractivity contribution in [2.75, 3.05) is 7.11 Å². The van der Waals surface area contributed by atoms with Crippen molar-refractivity contribution in [1.29, 1.82) is 0 Å². The van der Waals surface area contributed by atoms with Crippen molar-refractivity contribution >= 4 is 5.97 Å². The maximum Gasteiger partial charge on any atom is 0.314 e. The Morgan fingerprint density at radius 1 is 1.42 bits per heavy atom. The van der Waals surface area contributed by atoms with Gasteiger partial charge < -0.3 is 9.84 Å². The van der Waals surface area contributed by atoms with Gasteiger partial charge in [0.2, 0.25) is 0 Å². The van der Waals surface area contributed by atoms with Crippen LogP contribution in [-0.4, -0.2) is 18.2 Å². The second-order valence-electron chi connectivity index (χ2n) is 5.02. The highest BCUT2D eigenvalue weighted by molar-refractivity contribution is 5.84. The number of benzene rings is 1. The largest absolute Gasteiger partial charge is 0.496 e. The first-order valence-corrected chi connectivity index (χ1v) is 6.12. The van der Waals surface area contributed by atoms with Gasteiger partial charge in [-0.2, -0.15) is 0 Å². The highest BCUT2D eigenvalue weighted by atomic mass is 19.3. The van der Waals surface area contributed by atoms with E-state index in [9.17, 15) is 18.7 Å². The molecular weight excluding hydrogens is 254 g/mol. The van der Waals surface area contributed by atoms with Crippen LogP contribution in [0.3, 0.4) is 0 Å². The molecule has 0 saturated heterocycles. The summed E-state index contributed by atoms with van der Waals surface area (Å²) in [5.74, 6) is -4.05. The zero-order valence-electron chi connectivity index (χ0n) is 10.9. The molecule has 1 aliphatic rings. The molecule has 0 radical (unpaired) electrons. The monoisotopic (exact) mass is 270 g/mol. The van der Waals surface area contributed by atoms with Crippen LogP contribution < -0.4 is 4.74 Å². The molecule has 1 saturated carbocycles. The van der Waals surface area contributed by atoms with Crippen molar-refractivity contribution in [2.45, 2.75) is 37.5 Å². The van der Waals surface area contributed by atoms with E-state index in [1.54, 1.807) is 6.07 Å². The summed E-state index contributed by atoms with van der Waals surface area (Å²) >= 11 is 0. The lowest BCUT2D eigenvalue weighted by Crippen LogP contribution is -2.42. The molecule has 0 bridgehead atoms. The maximum absolute atomic E-state index is 13.6. The summed E-state index contributed by atoms with van der Waals surface area (Å²) in [4.78, 5) is 11.5. The minimum absolute atomic E-state index is 0.00269.